The number of hydrogen-bond donors (Lipinski definition) is 3. The van der Waals surface area contributed by atoms with Crippen LogP contribution in [0.2, 0.25) is 0 Å². The number of carbonyl (C=O) groups is 1. The van der Waals surface area contributed by atoms with Gasteiger partial charge in [-0.3, -0.25) is 4.79 Å². The minimum Gasteiger partial charge on any atom is -0.399 e. The van der Waals surface area contributed by atoms with E-state index in [0.717, 1.165) is 17.3 Å². The molecule has 20 heavy (non-hydrogen) atoms. The molecule has 4 nitrogen and oxygen atoms in total. The number of carbonyl (C=O) groups excluding carboxylic acids is 1. The van der Waals surface area contributed by atoms with Crippen LogP contribution in [0, 0.1) is 0 Å². The first kappa shape index (κ1) is 13.4. The van der Waals surface area contributed by atoms with Gasteiger partial charge in [0.05, 0.1) is 0 Å². The van der Waals surface area contributed by atoms with E-state index in [0.29, 0.717) is 16.6 Å². The van der Waals surface area contributed by atoms with Crippen molar-refractivity contribution in [2.75, 3.05) is 12.0 Å². The molecular formula is C15H19N3OS. The Morgan fingerprint density at radius 2 is 2.25 bits per heavy atom. The fourth-order valence-electron chi connectivity index (χ4n) is 2.89. The lowest BCUT2D eigenvalue weighted by atomic mass is 10.2. The van der Waals surface area contributed by atoms with Crippen LogP contribution in [0.3, 0.4) is 0 Å². The van der Waals surface area contributed by atoms with Crippen LogP contribution in [0.5, 0.6) is 0 Å². The lowest BCUT2D eigenvalue weighted by Gasteiger charge is -2.18. The van der Waals surface area contributed by atoms with Crippen molar-refractivity contribution < 1.29 is 4.79 Å². The number of hydrogen-bond acceptors (Lipinski definition) is 3. The molecule has 2 unspecified atom stereocenters. The molecule has 5 heteroatoms. The lowest BCUT2D eigenvalue weighted by Crippen LogP contribution is -2.38. The Morgan fingerprint density at radius 1 is 1.40 bits per heavy atom. The van der Waals surface area contributed by atoms with E-state index in [-0.39, 0.29) is 11.9 Å². The molecule has 0 aliphatic heterocycles. The molecule has 1 amide bonds. The van der Waals surface area contributed by atoms with Crippen molar-refractivity contribution in [3.8, 4) is 0 Å². The fourth-order valence-corrected chi connectivity index (χ4v) is 3.83. The Kier molecular flexibility index (Phi) is 3.61. The molecular weight excluding hydrogens is 270 g/mol. The third-order valence-electron chi connectivity index (χ3n) is 3.96. The predicted octanol–water partition coefficient (Wildman–Crippen LogP) is 2.76. The van der Waals surface area contributed by atoms with Gasteiger partial charge in [0.1, 0.15) is 5.69 Å². The summed E-state index contributed by atoms with van der Waals surface area (Å²) in [5.74, 6) is -0.0225. The highest BCUT2D eigenvalue weighted by molar-refractivity contribution is 7.99. The van der Waals surface area contributed by atoms with Crippen LogP contribution in [-0.4, -0.2) is 28.4 Å². The number of thioether (sulfide) groups is 1. The normalized spacial score (nSPS) is 22.2. The first-order valence-corrected chi connectivity index (χ1v) is 8.18. The average molecular weight is 289 g/mol. The van der Waals surface area contributed by atoms with Crippen molar-refractivity contribution in [2.24, 2.45) is 0 Å². The summed E-state index contributed by atoms with van der Waals surface area (Å²) < 4.78 is 0. The summed E-state index contributed by atoms with van der Waals surface area (Å²) in [5.41, 5.74) is 8.02. The third kappa shape index (κ3) is 2.50. The smallest absolute Gasteiger partial charge is 0.267 e. The minimum atomic E-state index is -0.0225. The molecule has 2 aromatic rings. The van der Waals surface area contributed by atoms with E-state index in [2.05, 4.69) is 16.6 Å². The van der Waals surface area contributed by atoms with Gasteiger partial charge in [-0.05, 0) is 43.4 Å². The van der Waals surface area contributed by atoms with E-state index >= 15 is 0 Å². The summed E-state index contributed by atoms with van der Waals surface area (Å²) in [6, 6.07) is 7.77. The van der Waals surface area contributed by atoms with Gasteiger partial charge in [0.15, 0.2) is 0 Å². The molecule has 0 spiro atoms. The van der Waals surface area contributed by atoms with Crippen LogP contribution in [0.25, 0.3) is 10.9 Å². The van der Waals surface area contributed by atoms with Gasteiger partial charge in [-0.25, -0.2) is 0 Å². The van der Waals surface area contributed by atoms with Gasteiger partial charge in [-0.1, -0.05) is 6.42 Å². The zero-order valence-electron chi connectivity index (χ0n) is 11.5. The summed E-state index contributed by atoms with van der Waals surface area (Å²) in [5, 5.41) is 4.67. The van der Waals surface area contributed by atoms with E-state index in [9.17, 15) is 4.79 Å². The number of aromatic nitrogens is 1. The predicted molar refractivity (Wildman–Crippen MR) is 85.1 cm³/mol. The molecule has 3 rings (SSSR count). The van der Waals surface area contributed by atoms with Crippen LogP contribution in [0.15, 0.2) is 24.3 Å². The van der Waals surface area contributed by atoms with Gasteiger partial charge < -0.3 is 16.0 Å². The SMILES string of the molecule is CSC1CCCC1NC(=O)c1cc2cc(N)ccc2[nH]1. The van der Waals surface area contributed by atoms with Crippen molar-refractivity contribution >= 4 is 34.3 Å². The zero-order valence-corrected chi connectivity index (χ0v) is 12.3. The van der Waals surface area contributed by atoms with E-state index < -0.39 is 0 Å². The van der Waals surface area contributed by atoms with E-state index in [1.54, 1.807) is 0 Å². The summed E-state index contributed by atoms with van der Waals surface area (Å²) in [6.45, 7) is 0. The Bertz CT molecular complexity index is 637. The molecule has 0 radical (unpaired) electrons. The second-order valence-electron chi connectivity index (χ2n) is 5.31. The molecule has 106 valence electrons. The molecule has 1 heterocycles. The first-order valence-electron chi connectivity index (χ1n) is 6.89. The number of H-pyrrole nitrogens is 1. The lowest BCUT2D eigenvalue weighted by molar-refractivity contribution is 0.0934. The minimum absolute atomic E-state index is 0.0225. The molecule has 0 saturated heterocycles. The maximum atomic E-state index is 12.3. The standard InChI is InChI=1S/C15H19N3OS/c1-20-14-4-2-3-12(14)18-15(19)13-8-9-7-10(16)5-6-11(9)17-13/h5-8,12,14,17H,2-4,16H2,1H3,(H,18,19). The second kappa shape index (κ2) is 5.40. The molecule has 1 fully saturated rings. The van der Waals surface area contributed by atoms with Gasteiger partial charge in [-0.15, -0.1) is 0 Å². The number of nitrogens with one attached hydrogen (secondary N) is 2. The average Bonchev–Trinajstić information content (AvgIpc) is 3.04. The molecule has 1 aromatic heterocycles. The Labute approximate surface area is 122 Å². The summed E-state index contributed by atoms with van der Waals surface area (Å²) >= 11 is 1.84. The Balaban J connectivity index is 1.78. The number of aromatic amines is 1. The van der Waals surface area contributed by atoms with Crippen molar-refractivity contribution in [1.29, 1.82) is 0 Å². The topological polar surface area (TPSA) is 70.9 Å². The van der Waals surface area contributed by atoms with Crippen molar-refractivity contribution in [3.63, 3.8) is 0 Å². The highest BCUT2D eigenvalue weighted by atomic mass is 32.2. The first-order chi connectivity index (χ1) is 9.67. The number of fused-ring (bicyclic) bond motifs is 1. The maximum absolute atomic E-state index is 12.3. The quantitative estimate of drug-likeness (QED) is 0.761. The monoisotopic (exact) mass is 289 g/mol. The highest BCUT2D eigenvalue weighted by Gasteiger charge is 2.28. The number of nitrogens with two attached hydrogens (primary N) is 1. The summed E-state index contributed by atoms with van der Waals surface area (Å²) in [4.78, 5) is 15.5. The van der Waals surface area contributed by atoms with Crippen molar-refractivity contribution in [2.45, 2.75) is 30.6 Å². The molecule has 0 bridgehead atoms. The Hall–Kier alpha value is -1.62. The van der Waals surface area contributed by atoms with Crippen LogP contribution >= 0.6 is 11.8 Å². The van der Waals surface area contributed by atoms with Crippen LogP contribution in [0.4, 0.5) is 5.69 Å². The second-order valence-corrected chi connectivity index (χ2v) is 6.39. The largest absolute Gasteiger partial charge is 0.399 e. The van der Waals surface area contributed by atoms with Crippen LogP contribution in [-0.2, 0) is 0 Å². The molecule has 2 atom stereocenters. The molecule has 1 saturated carbocycles. The number of anilines is 1. The summed E-state index contributed by atoms with van der Waals surface area (Å²) in [6.07, 6.45) is 5.57. The zero-order chi connectivity index (χ0) is 14.1. The number of nitrogen functional groups attached to an aromatic ring is 1. The number of amides is 1. The van der Waals surface area contributed by atoms with Gasteiger partial charge in [0.25, 0.3) is 5.91 Å². The van der Waals surface area contributed by atoms with Crippen LogP contribution < -0.4 is 11.1 Å². The van der Waals surface area contributed by atoms with E-state index in [1.165, 1.54) is 12.8 Å². The highest BCUT2D eigenvalue weighted by Crippen LogP contribution is 2.28. The Morgan fingerprint density at radius 3 is 3.05 bits per heavy atom. The molecule has 1 aromatic carbocycles. The van der Waals surface area contributed by atoms with E-state index in [1.807, 2.05) is 36.0 Å². The maximum Gasteiger partial charge on any atom is 0.267 e. The summed E-state index contributed by atoms with van der Waals surface area (Å²) in [7, 11) is 0. The number of rotatable bonds is 3. The van der Waals surface area contributed by atoms with Gasteiger partial charge in [0.2, 0.25) is 0 Å². The van der Waals surface area contributed by atoms with Gasteiger partial charge in [0, 0.05) is 27.9 Å². The van der Waals surface area contributed by atoms with Gasteiger partial charge >= 0.3 is 0 Å². The fraction of sp³-hybridized carbons (Fsp3) is 0.400. The molecule has 1 aliphatic carbocycles. The van der Waals surface area contributed by atoms with Crippen molar-refractivity contribution in [1.82, 2.24) is 10.3 Å². The molecule has 1 aliphatic rings. The van der Waals surface area contributed by atoms with Crippen LogP contribution in [0.1, 0.15) is 29.8 Å². The third-order valence-corrected chi connectivity index (χ3v) is 5.13. The van der Waals surface area contributed by atoms with Crippen molar-refractivity contribution in [3.05, 3.63) is 30.0 Å². The van der Waals surface area contributed by atoms with Gasteiger partial charge in [-0.2, -0.15) is 11.8 Å². The van der Waals surface area contributed by atoms with E-state index in [4.69, 9.17) is 5.73 Å². The molecule has 4 N–H and O–H groups in total. The number of benzene rings is 1.